The van der Waals surface area contributed by atoms with Crippen molar-refractivity contribution in [2.24, 2.45) is 0 Å². The van der Waals surface area contributed by atoms with Gasteiger partial charge >= 0.3 is 0 Å². The van der Waals surface area contributed by atoms with Gasteiger partial charge in [0.1, 0.15) is 0 Å². The van der Waals surface area contributed by atoms with E-state index in [2.05, 4.69) is 5.32 Å². The maximum absolute atomic E-state index is 11.2. The van der Waals surface area contributed by atoms with E-state index < -0.39 is 0 Å². The maximum Gasteiger partial charge on any atom is 0.251 e. The Balaban J connectivity index is 2.54. The van der Waals surface area contributed by atoms with E-state index in [4.69, 9.17) is 0 Å². The number of ketones is 1. The van der Waals surface area contributed by atoms with Crippen LogP contribution in [-0.2, 0) is 6.54 Å². The molecule has 0 aromatic heterocycles. The summed E-state index contributed by atoms with van der Waals surface area (Å²) in [5.74, 6) is -0.0967. The van der Waals surface area contributed by atoms with Crippen molar-refractivity contribution >= 4 is 11.7 Å². The third-order valence-corrected chi connectivity index (χ3v) is 2.20. The molecule has 0 spiro atoms. The van der Waals surface area contributed by atoms with Crippen molar-refractivity contribution in [2.75, 3.05) is 0 Å². The Morgan fingerprint density at radius 3 is 2.92 bits per heavy atom. The minimum atomic E-state index is -0.0851. The predicted molar refractivity (Wildman–Crippen MR) is 47.6 cm³/mol. The van der Waals surface area contributed by atoms with Gasteiger partial charge in [0.15, 0.2) is 5.78 Å². The second kappa shape index (κ2) is 2.69. The zero-order valence-corrected chi connectivity index (χ0v) is 7.26. The Labute approximate surface area is 75.8 Å². The molecule has 2 rings (SSSR count). The van der Waals surface area contributed by atoms with Crippen LogP contribution in [0.25, 0.3) is 0 Å². The zero-order valence-electron chi connectivity index (χ0n) is 7.26. The first-order chi connectivity index (χ1) is 6.18. The molecule has 1 amide bonds. The second-order valence-electron chi connectivity index (χ2n) is 3.11. The lowest BCUT2D eigenvalue weighted by Gasteiger charge is -1.98. The molecular weight excluding hydrogens is 166 g/mol. The van der Waals surface area contributed by atoms with Crippen molar-refractivity contribution in [3.63, 3.8) is 0 Å². The number of carbonyl (C=O) groups excluding carboxylic acids is 2. The Hall–Kier alpha value is -1.64. The van der Waals surface area contributed by atoms with Crippen LogP contribution in [0.1, 0.15) is 33.2 Å². The number of carbonyl (C=O) groups is 2. The minimum Gasteiger partial charge on any atom is -0.348 e. The largest absolute Gasteiger partial charge is 0.348 e. The van der Waals surface area contributed by atoms with E-state index in [0.717, 1.165) is 5.56 Å². The SMILES string of the molecule is CC(=O)c1ccc2c(c1)C(=O)NC2. The Morgan fingerprint density at radius 1 is 1.46 bits per heavy atom. The highest BCUT2D eigenvalue weighted by atomic mass is 16.2. The first kappa shape index (κ1) is 7.98. The molecule has 13 heavy (non-hydrogen) atoms. The number of hydrogen-bond acceptors (Lipinski definition) is 2. The maximum atomic E-state index is 11.2. The topological polar surface area (TPSA) is 46.2 Å². The van der Waals surface area contributed by atoms with Crippen LogP contribution < -0.4 is 5.32 Å². The number of hydrogen-bond donors (Lipinski definition) is 1. The molecule has 0 saturated carbocycles. The van der Waals surface area contributed by atoms with Crippen molar-refractivity contribution in [1.82, 2.24) is 5.32 Å². The first-order valence-electron chi connectivity index (χ1n) is 4.10. The van der Waals surface area contributed by atoms with Crippen LogP contribution in [0.15, 0.2) is 18.2 Å². The van der Waals surface area contributed by atoms with E-state index in [1.807, 2.05) is 6.07 Å². The molecule has 1 N–H and O–H groups in total. The fraction of sp³-hybridized carbons (Fsp3) is 0.200. The van der Waals surface area contributed by atoms with Gasteiger partial charge in [0.25, 0.3) is 5.91 Å². The molecule has 0 saturated heterocycles. The molecule has 1 aromatic rings. The third kappa shape index (κ3) is 1.22. The van der Waals surface area contributed by atoms with Gasteiger partial charge in [-0.15, -0.1) is 0 Å². The lowest BCUT2D eigenvalue weighted by molar-refractivity contribution is 0.0965. The molecular formula is C10H9NO2. The van der Waals surface area contributed by atoms with Crippen molar-refractivity contribution in [2.45, 2.75) is 13.5 Å². The molecule has 0 aliphatic carbocycles. The summed E-state index contributed by atoms with van der Waals surface area (Å²) >= 11 is 0. The lowest BCUT2D eigenvalue weighted by Crippen LogP contribution is -2.12. The molecule has 0 bridgehead atoms. The Bertz CT molecular complexity index is 396. The van der Waals surface area contributed by atoms with Gasteiger partial charge in [-0.2, -0.15) is 0 Å². The highest BCUT2D eigenvalue weighted by Gasteiger charge is 2.19. The van der Waals surface area contributed by atoms with E-state index >= 15 is 0 Å². The van der Waals surface area contributed by atoms with Crippen LogP contribution in [0.5, 0.6) is 0 Å². The van der Waals surface area contributed by atoms with Crippen LogP contribution in [0.2, 0.25) is 0 Å². The molecule has 0 unspecified atom stereocenters. The molecule has 1 heterocycles. The quantitative estimate of drug-likeness (QED) is 0.650. The number of rotatable bonds is 1. The van der Waals surface area contributed by atoms with E-state index in [9.17, 15) is 9.59 Å². The minimum absolute atomic E-state index is 0.0116. The predicted octanol–water partition coefficient (Wildman–Crippen LogP) is 1.13. The molecule has 3 nitrogen and oxygen atoms in total. The van der Waals surface area contributed by atoms with Crippen LogP contribution in [0, 0.1) is 0 Å². The highest BCUT2D eigenvalue weighted by molar-refractivity contribution is 6.02. The monoisotopic (exact) mass is 175 g/mol. The number of amides is 1. The third-order valence-electron chi connectivity index (χ3n) is 2.20. The van der Waals surface area contributed by atoms with Crippen LogP contribution in [-0.4, -0.2) is 11.7 Å². The van der Waals surface area contributed by atoms with Gasteiger partial charge in [0, 0.05) is 17.7 Å². The van der Waals surface area contributed by atoms with E-state index in [-0.39, 0.29) is 11.7 Å². The van der Waals surface area contributed by atoms with Crippen LogP contribution in [0.4, 0.5) is 0 Å². The summed E-state index contributed by atoms with van der Waals surface area (Å²) in [6, 6.07) is 5.23. The molecule has 1 aliphatic heterocycles. The summed E-state index contributed by atoms with van der Waals surface area (Å²) in [4.78, 5) is 22.2. The average molecular weight is 175 g/mol. The fourth-order valence-corrected chi connectivity index (χ4v) is 1.43. The van der Waals surface area contributed by atoms with E-state index in [1.165, 1.54) is 6.92 Å². The smallest absolute Gasteiger partial charge is 0.251 e. The van der Waals surface area contributed by atoms with Crippen LogP contribution in [0.3, 0.4) is 0 Å². The number of fused-ring (bicyclic) bond motifs is 1. The molecule has 1 aromatic carbocycles. The van der Waals surface area contributed by atoms with Gasteiger partial charge in [-0.3, -0.25) is 9.59 Å². The second-order valence-corrected chi connectivity index (χ2v) is 3.11. The number of nitrogens with one attached hydrogen (secondary N) is 1. The molecule has 3 heteroatoms. The van der Waals surface area contributed by atoms with E-state index in [0.29, 0.717) is 17.7 Å². The standard InChI is InChI=1S/C10H9NO2/c1-6(12)7-2-3-8-5-11-10(13)9(8)4-7/h2-4H,5H2,1H3,(H,11,13). The summed E-state index contributed by atoms with van der Waals surface area (Å²) < 4.78 is 0. The highest BCUT2D eigenvalue weighted by Crippen LogP contribution is 2.17. The summed E-state index contributed by atoms with van der Waals surface area (Å²) in [7, 11) is 0. The fourth-order valence-electron chi connectivity index (χ4n) is 1.43. The Morgan fingerprint density at radius 2 is 2.23 bits per heavy atom. The van der Waals surface area contributed by atoms with Crippen molar-refractivity contribution in [3.8, 4) is 0 Å². The van der Waals surface area contributed by atoms with E-state index in [1.54, 1.807) is 12.1 Å². The summed E-state index contributed by atoms with van der Waals surface area (Å²) in [6.45, 7) is 2.07. The molecule has 0 radical (unpaired) electrons. The van der Waals surface area contributed by atoms with Gasteiger partial charge in [-0.25, -0.2) is 0 Å². The van der Waals surface area contributed by atoms with Crippen molar-refractivity contribution < 1.29 is 9.59 Å². The molecule has 0 fully saturated rings. The van der Waals surface area contributed by atoms with Crippen LogP contribution >= 0.6 is 0 Å². The molecule has 1 aliphatic rings. The molecule has 0 atom stereocenters. The van der Waals surface area contributed by atoms with Gasteiger partial charge < -0.3 is 5.32 Å². The van der Waals surface area contributed by atoms with Crippen molar-refractivity contribution in [3.05, 3.63) is 34.9 Å². The van der Waals surface area contributed by atoms with Gasteiger partial charge in [0.05, 0.1) is 0 Å². The zero-order chi connectivity index (χ0) is 9.42. The summed E-state index contributed by atoms with van der Waals surface area (Å²) in [6.07, 6.45) is 0. The summed E-state index contributed by atoms with van der Waals surface area (Å²) in [5, 5.41) is 2.70. The average Bonchev–Trinajstić information content (AvgIpc) is 2.47. The lowest BCUT2D eigenvalue weighted by atomic mass is 10.0. The van der Waals surface area contributed by atoms with Gasteiger partial charge in [0.2, 0.25) is 0 Å². The number of Topliss-reactive ketones (excluding diaryl/α,β-unsaturated/α-hetero) is 1. The number of benzene rings is 1. The first-order valence-corrected chi connectivity index (χ1v) is 4.10. The summed E-state index contributed by atoms with van der Waals surface area (Å²) in [5.41, 5.74) is 2.19. The Kier molecular flexibility index (Phi) is 1.65. The normalized spacial score (nSPS) is 13.8. The molecule has 66 valence electrons. The van der Waals surface area contributed by atoms with Crippen molar-refractivity contribution in [1.29, 1.82) is 0 Å². The van der Waals surface area contributed by atoms with Gasteiger partial charge in [-0.1, -0.05) is 12.1 Å². The van der Waals surface area contributed by atoms with Gasteiger partial charge in [-0.05, 0) is 18.6 Å².